The van der Waals surface area contributed by atoms with Gasteiger partial charge in [0.2, 0.25) is 5.89 Å². The monoisotopic (exact) mass is 639 g/mol. The molecule has 0 N–H and O–H groups in total. The minimum Gasteiger partial charge on any atom is -0.436 e. The Balaban J connectivity index is 0.943. The van der Waals surface area contributed by atoms with E-state index >= 15 is 0 Å². The highest BCUT2D eigenvalue weighted by Crippen LogP contribution is 2.36. The molecular formula is C46H29N3O. The fourth-order valence-electron chi connectivity index (χ4n) is 7.25. The molecule has 0 fully saturated rings. The number of aromatic nitrogens is 3. The topological polar surface area (TPSA) is 43.9 Å². The molecule has 3 heterocycles. The van der Waals surface area contributed by atoms with E-state index in [-0.39, 0.29) is 0 Å². The van der Waals surface area contributed by atoms with Crippen LogP contribution in [0.1, 0.15) is 0 Å². The number of oxazole rings is 1. The Kier molecular flexibility index (Phi) is 6.46. The molecule has 10 rings (SSSR count). The number of para-hydroxylation sites is 1. The maximum atomic E-state index is 6.33. The predicted molar refractivity (Wildman–Crippen MR) is 205 cm³/mol. The third-order valence-electron chi connectivity index (χ3n) is 9.75. The number of pyridine rings is 1. The first-order valence-electron chi connectivity index (χ1n) is 16.8. The van der Waals surface area contributed by atoms with Gasteiger partial charge in [0.1, 0.15) is 5.52 Å². The fraction of sp³-hybridized carbons (Fsp3) is 0. The SMILES string of the molecule is c1ccc(-n2c3ccncc3c3cc(-c4ccc(-c5nc6ccc(-c7ccc(-c8cccc9ccccc89)cc7)cc6o5)cc4)ccc32)cc1. The maximum Gasteiger partial charge on any atom is 0.227 e. The molecule has 0 unspecified atom stereocenters. The number of nitrogens with zero attached hydrogens (tertiary/aromatic N) is 3. The second-order valence-corrected chi connectivity index (χ2v) is 12.7. The molecule has 3 aromatic heterocycles. The van der Waals surface area contributed by atoms with E-state index in [4.69, 9.17) is 9.40 Å². The second-order valence-electron chi connectivity index (χ2n) is 12.7. The molecule has 0 aliphatic rings. The molecule has 0 radical (unpaired) electrons. The molecule has 0 bridgehead atoms. The summed E-state index contributed by atoms with van der Waals surface area (Å²) in [5.41, 5.74) is 12.9. The summed E-state index contributed by atoms with van der Waals surface area (Å²) in [6.45, 7) is 0. The van der Waals surface area contributed by atoms with Crippen molar-refractivity contribution < 1.29 is 4.42 Å². The van der Waals surface area contributed by atoms with Gasteiger partial charge in [-0.1, -0.05) is 109 Å². The van der Waals surface area contributed by atoms with Crippen molar-refractivity contribution in [1.82, 2.24) is 14.5 Å². The molecule has 7 aromatic carbocycles. The van der Waals surface area contributed by atoms with Crippen LogP contribution >= 0.6 is 0 Å². The average Bonchev–Trinajstić information content (AvgIpc) is 3.77. The summed E-state index contributed by atoms with van der Waals surface area (Å²) in [4.78, 5) is 9.28. The highest BCUT2D eigenvalue weighted by atomic mass is 16.3. The van der Waals surface area contributed by atoms with E-state index in [9.17, 15) is 0 Å². The average molecular weight is 640 g/mol. The number of fused-ring (bicyclic) bond motifs is 5. The smallest absolute Gasteiger partial charge is 0.227 e. The van der Waals surface area contributed by atoms with E-state index < -0.39 is 0 Å². The van der Waals surface area contributed by atoms with Gasteiger partial charge >= 0.3 is 0 Å². The lowest BCUT2D eigenvalue weighted by atomic mass is 9.96. The van der Waals surface area contributed by atoms with E-state index in [1.54, 1.807) is 0 Å². The van der Waals surface area contributed by atoms with Crippen LogP contribution in [0.15, 0.2) is 181 Å². The summed E-state index contributed by atoms with van der Waals surface area (Å²) in [6, 6.07) is 57.7. The third kappa shape index (κ3) is 4.69. The Hall–Kier alpha value is -6.78. The van der Waals surface area contributed by atoms with Crippen molar-refractivity contribution in [3.05, 3.63) is 176 Å². The molecule has 0 spiro atoms. The quantitative estimate of drug-likeness (QED) is 0.188. The maximum absolute atomic E-state index is 6.33. The molecule has 10 aromatic rings. The second kappa shape index (κ2) is 11.4. The molecule has 0 aliphatic carbocycles. The van der Waals surface area contributed by atoms with Crippen LogP contribution in [0.2, 0.25) is 0 Å². The van der Waals surface area contributed by atoms with Crippen molar-refractivity contribution in [3.8, 4) is 50.5 Å². The molecule has 0 aliphatic heterocycles. The summed E-state index contributed by atoms with van der Waals surface area (Å²) >= 11 is 0. The van der Waals surface area contributed by atoms with Gasteiger partial charge in [-0.25, -0.2) is 4.98 Å². The van der Waals surface area contributed by atoms with Crippen LogP contribution in [0.25, 0.3) is 94.2 Å². The molecular weight excluding hydrogens is 611 g/mol. The van der Waals surface area contributed by atoms with Crippen molar-refractivity contribution in [3.63, 3.8) is 0 Å². The van der Waals surface area contributed by atoms with Gasteiger partial charge in [0.15, 0.2) is 5.58 Å². The number of hydrogen-bond acceptors (Lipinski definition) is 3. The predicted octanol–water partition coefficient (Wildman–Crippen LogP) is 12.1. The van der Waals surface area contributed by atoms with Crippen LogP contribution in [0, 0.1) is 0 Å². The summed E-state index contributed by atoms with van der Waals surface area (Å²) in [6.07, 6.45) is 3.82. The van der Waals surface area contributed by atoms with Gasteiger partial charge in [-0.3, -0.25) is 4.98 Å². The van der Waals surface area contributed by atoms with Gasteiger partial charge < -0.3 is 8.98 Å². The van der Waals surface area contributed by atoms with Gasteiger partial charge in [-0.15, -0.1) is 0 Å². The largest absolute Gasteiger partial charge is 0.436 e. The van der Waals surface area contributed by atoms with E-state index in [0.717, 1.165) is 61.0 Å². The zero-order chi connectivity index (χ0) is 33.0. The van der Waals surface area contributed by atoms with E-state index in [1.807, 2.05) is 24.5 Å². The summed E-state index contributed by atoms with van der Waals surface area (Å²) in [5, 5.41) is 4.82. The van der Waals surface area contributed by atoms with Crippen molar-refractivity contribution in [2.45, 2.75) is 0 Å². The number of hydrogen-bond donors (Lipinski definition) is 0. The molecule has 4 heteroatoms. The molecule has 0 atom stereocenters. The molecule has 50 heavy (non-hydrogen) atoms. The van der Waals surface area contributed by atoms with Gasteiger partial charge in [0, 0.05) is 34.4 Å². The molecule has 0 saturated carbocycles. The van der Waals surface area contributed by atoms with Gasteiger partial charge in [0.25, 0.3) is 0 Å². The number of rotatable bonds is 5. The Labute approximate surface area is 288 Å². The third-order valence-corrected chi connectivity index (χ3v) is 9.75. The summed E-state index contributed by atoms with van der Waals surface area (Å²) < 4.78 is 8.64. The lowest BCUT2D eigenvalue weighted by Crippen LogP contribution is -1.93. The van der Waals surface area contributed by atoms with Crippen molar-refractivity contribution >= 4 is 43.7 Å². The first kappa shape index (κ1) is 28.3. The van der Waals surface area contributed by atoms with Gasteiger partial charge in [-0.05, 0) is 98.8 Å². The Morgan fingerprint density at radius 3 is 1.96 bits per heavy atom. The lowest BCUT2D eigenvalue weighted by Gasteiger charge is -2.08. The standard InChI is InChI=1S/C46H29N3O/c1-2-9-37(10-3-1)49-43-24-22-35(27-40(43)41-29-47-26-25-44(41)49)30-15-19-34(20-16-30)46-48-42-23-21-36(28-45(42)50-46)31-13-17-33(18-14-31)39-12-6-8-32-7-4-5-11-38(32)39/h1-29H. The van der Waals surface area contributed by atoms with Gasteiger partial charge in [0.05, 0.1) is 11.0 Å². The van der Waals surface area contributed by atoms with Crippen LogP contribution in [0.5, 0.6) is 0 Å². The normalized spacial score (nSPS) is 11.6. The fourth-order valence-corrected chi connectivity index (χ4v) is 7.25. The van der Waals surface area contributed by atoms with Crippen LogP contribution in [-0.4, -0.2) is 14.5 Å². The summed E-state index contributed by atoms with van der Waals surface area (Å²) in [7, 11) is 0. The zero-order valence-corrected chi connectivity index (χ0v) is 27.0. The minimum absolute atomic E-state index is 0.613. The Morgan fingerprint density at radius 2 is 1.12 bits per heavy atom. The Morgan fingerprint density at radius 1 is 0.460 bits per heavy atom. The van der Waals surface area contributed by atoms with Crippen LogP contribution in [-0.2, 0) is 0 Å². The highest BCUT2D eigenvalue weighted by Gasteiger charge is 2.15. The van der Waals surface area contributed by atoms with E-state index in [1.165, 1.54) is 27.3 Å². The van der Waals surface area contributed by atoms with Crippen molar-refractivity contribution in [2.75, 3.05) is 0 Å². The van der Waals surface area contributed by atoms with Crippen molar-refractivity contribution in [2.24, 2.45) is 0 Å². The van der Waals surface area contributed by atoms with Crippen molar-refractivity contribution in [1.29, 1.82) is 0 Å². The molecule has 234 valence electrons. The van der Waals surface area contributed by atoms with Crippen LogP contribution in [0.3, 0.4) is 0 Å². The molecule has 0 saturated heterocycles. The zero-order valence-electron chi connectivity index (χ0n) is 27.0. The van der Waals surface area contributed by atoms with Gasteiger partial charge in [-0.2, -0.15) is 0 Å². The first-order chi connectivity index (χ1) is 24.8. The molecule has 0 amide bonds. The Bertz CT molecular complexity index is 2840. The minimum atomic E-state index is 0.613. The van der Waals surface area contributed by atoms with Crippen LogP contribution in [0.4, 0.5) is 0 Å². The first-order valence-corrected chi connectivity index (χ1v) is 16.8. The highest BCUT2D eigenvalue weighted by molar-refractivity contribution is 6.10. The summed E-state index contributed by atoms with van der Waals surface area (Å²) in [5.74, 6) is 0.613. The van der Waals surface area contributed by atoms with E-state index in [0.29, 0.717) is 5.89 Å². The van der Waals surface area contributed by atoms with Crippen LogP contribution < -0.4 is 0 Å². The number of benzene rings is 7. The lowest BCUT2D eigenvalue weighted by molar-refractivity contribution is 0.620. The van der Waals surface area contributed by atoms with E-state index in [2.05, 4.69) is 161 Å². The molecule has 4 nitrogen and oxygen atoms in total.